The highest BCUT2D eigenvalue weighted by Gasteiger charge is 2.28. The lowest BCUT2D eigenvalue weighted by atomic mass is 10.2. The lowest BCUT2D eigenvalue weighted by Gasteiger charge is -2.23. The molecule has 1 aliphatic heterocycles. The highest BCUT2D eigenvalue weighted by molar-refractivity contribution is 7.91. The molecule has 32 heavy (non-hydrogen) atoms. The summed E-state index contributed by atoms with van der Waals surface area (Å²) < 4.78 is 32.0. The number of carbonyl (C=O) groups excluding carboxylic acids is 1. The van der Waals surface area contributed by atoms with Gasteiger partial charge in [0.05, 0.1) is 38.5 Å². The third-order valence-corrected chi connectivity index (χ3v) is 8.91. The summed E-state index contributed by atoms with van der Waals surface area (Å²) >= 11 is 13.5. The molecule has 1 aliphatic rings. The van der Waals surface area contributed by atoms with Gasteiger partial charge in [0.1, 0.15) is 0 Å². The van der Waals surface area contributed by atoms with Gasteiger partial charge >= 0.3 is 0 Å². The SMILES string of the molecule is Cc1ccc(Cl)c2sc(N(CC3CCCO3)C(=O)CCS(=O)(=O)c3ccc(Cl)cc3)nc12. The third-order valence-electron chi connectivity index (χ3n) is 5.39. The molecule has 1 aromatic heterocycles. The van der Waals surface area contributed by atoms with Gasteiger partial charge in [0.15, 0.2) is 15.0 Å². The molecule has 1 unspecified atom stereocenters. The van der Waals surface area contributed by atoms with Crippen molar-refractivity contribution in [2.24, 2.45) is 0 Å². The van der Waals surface area contributed by atoms with Crippen molar-refractivity contribution >= 4 is 65.6 Å². The van der Waals surface area contributed by atoms with E-state index in [0.29, 0.717) is 28.3 Å². The maximum absolute atomic E-state index is 13.2. The number of fused-ring (bicyclic) bond motifs is 1. The summed E-state index contributed by atoms with van der Waals surface area (Å²) in [6.45, 7) is 2.92. The van der Waals surface area contributed by atoms with Crippen molar-refractivity contribution in [3.05, 3.63) is 52.0 Å². The Balaban J connectivity index is 1.59. The molecule has 2 aromatic carbocycles. The van der Waals surface area contributed by atoms with E-state index in [1.165, 1.54) is 35.6 Å². The topological polar surface area (TPSA) is 76.6 Å². The van der Waals surface area contributed by atoms with E-state index in [2.05, 4.69) is 4.98 Å². The number of anilines is 1. The van der Waals surface area contributed by atoms with E-state index in [9.17, 15) is 13.2 Å². The molecule has 2 heterocycles. The molecule has 1 saturated heterocycles. The van der Waals surface area contributed by atoms with Gasteiger partial charge in [-0.05, 0) is 55.7 Å². The first-order valence-corrected chi connectivity index (χ1v) is 13.4. The van der Waals surface area contributed by atoms with Crippen molar-refractivity contribution in [2.45, 2.75) is 37.2 Å². The number of hydrogen-bond donors (Lipinski definition) is 0. The number of ether oxygens (including phenoxy) is 1. The Morgan fingerprint density at radius 1 is 1.22 bits per heavy atom. The first-order valence-electron chi connectivity index (χ1n) is 10.2. The highest BCUT2D eigenvalue weighted by Crippen LogP contribution is 2.36. The first-order chi connectivity index (χ1) is 15.2. The Labute approximate surface area is 201 Å². The Kier molecular flexibility index (Phi) is 7.07. The molecular weight excluding hydrogens is 491 g/mol. The quantitative estimate of drug-likeness (QED) is 0.429. The first kappa shape index (κ1) is 23.4. The number of benzene rings is 2. The minimum absolute atomic E-state index is 0.101. The molecule has 1 atom stereocenters. The van der Waals surface area contributed by atoms with Gasteiger partial charge < -0.3 is 4.74 Å². The van der Waals surface area contributed by atoms with Gasteiger partial charge in [-0.25, -0.2) is 13.4 Å². The summed E-state index contributed by atoms with van der Waals surface area (Å²) in [5.41, 5.74) is 1.71. The molecular formula is C22H22Cl2N2O4S2. The summed E-state index contributed by atoms with van der Waals surface area (Å²) in [6.07, 6.45) is 1.51. The van der Waals surface area contributed by atoms with Crippen LogP contribution in [0.3, 0.4) is 0 Å². The average Bonchev–Trinajstić information content (AvgIpc) is 3.44. The zero-order valence-corrected chi connectivity index (χ0v) is 20.5. The van der Waals surface area contributed by atoms with Crippen molar-refractivity contribution in [3.8, 4) is 0 Å². The molecule has 1 fully saturated rings. The normalized spacial score (nSPS) is 16.5. The van der Waals surface area contributed by atoms with E-state index in [0.717, 1.165) is 28.6 Å². The second-order valence-corrected chi connectivity index (χ2v) is 11.6. The fourth-order valence-corrected chi connectivity index (χ4v) is 6.30. The predicted octanol–water partition coefficient (Wildman–Crippen LogP) is 5.29. The van der Waals surface area contributed by atoms with Gasteiger partial charge in [-0.3, -0.25) is 9.69 Å². The summed E-state index contributed by atoms with van der Waals surface area (Å²) in [5.74, 6) is -0.619. The van der Waals surface area contributed by atoms with Crippen molar-refractivity contribution < 1.29 is 17.9 Å². The molecule has 0 aliphatic carbocycles. The van der Waals surface area contributed by atoms with Crippen LogP contribution in [0, 0.1) is 6.92 Å². The van der Waals surface area contributed by atoms with Crippen LogP contribution >= 0.6 is 34.5 Å². The van der Waals surface area contributed by atoms with Crippen LogP contribution in [0.25, 0.3) is 10.2 Å². The highest BCUT2D eigenvalue weighted by atomic mass is 35.5. The number of aromatic nitrogens is 1. The van der Waals surface area contributed by atoms with E-state index < -0.39 is 9.84 Å². The van der Waals surface area contributed by atoms with Gasteiger partial charge in [0.2, 0.25) is 5.91 Å². The van der Waals surface area contributed by atoms with E-state index >= 15 is 0 Å². The maximum Gasteiger partial charge on any atom is 0.229 e. The van der Waals surface area contributed by atoms with Gasteiger partial charge in [-0.15, -0.1) is 0 Å². The fraction of sp³-hybridized carbons (Fsp3) is 0.364. The maximum atomic E-state index is 13.2. The summed E-state index contributed by atoms with van der Waals surface area (Å²) in [6, 6.07) is 9.64. The zero-order chi connectivity index (χ0) is 22.9. The van der Waals surface area contributed by atoms with Gasteiger partial charge in [-0.1, -0.05) is 40.6 Å². The lowest BCUT2D eigenvalue weighted by molar-refractivity contribution is -0.118. The number of rotatable bonds is 7. The van der Waals surface area contributed by atoms with Crippen LogP contribution in [0.1, 0.15) is 24.8 Å². The minimum Gasteiger partial charge on any atom is -0.376 e. The molecule has 1 amide bonds. The number of thiazole rings is 1. The summed E-state index contributed by atoms with van der Waals surface area (Å²) in [4.78, 5) is 19.6. The number of nitrogens with zero attached hydrogens (tertiary/aromatic N) is 2. The number of aryl methyl sites for hydroxylation is 1. The number of carbonyl (C=O) groups is 1. The Morgan fingerprint density at radius 2 is 1.97 bits per heavy atom. The molecule has 0 N–H and O–H groups in total. The molecule has 3 aromatic rings. The molecule has 0 spiro atoms. The second-order valence-electron chi connectivity index (χ2n) is 7.70. The number of sulfone groups is 1. The van der Waals surface area contributed by atoms with Gasteiger partial charge in [0.25, 0.3) is 0 Å². The van der Waals surface area contributed by atoms with E-state index in [1.807, 2.05) is 19.1 Å². The van der Waals surface area contributed by atoms with Crippen LogP contribution in [-0.4, -0.2) is 44.3 Å². The number of halogens is 2. The van der Waals surface area contributed by atoms with Crippen LogP contribution in [0.2, 0.25) is 10.0 Å². The van der Waals surface area contributed by atoms with Crippen LogP contribution in [0.5, 0.6) is 0 Å². The average molecular weight is 513 g/mol. The smallest absolute Gasteiger partial charge is 0.229 e. The van der Waals surface area contributed by atoms with E-state index in [-0.39, 0.29) is 29.1 Å². The molecule has 10 heteroatoms. The molecule has 4 rings (SSSR count). The molecule has 170 valence electrons. The minimum atomic E-state index is -3.63. The van der Waals surface area contributed by atoms with Gasteiger partial charge in [-0.2, -0.15) is 0 Å². The largest absolute Gasteiger partial charge is 0.376 e. The lowest BCUT2D eigenvalue weighted by Crippen LogP contribution is -2.38. The molecule has 0 saturated carbocycles. The monoisotopic (exact) mass is 512 g/mol. The number of amides is 1. The summed E-state index contributed by atoms with van der Waals surface area (Å²) in [7, 11) is -3.63. The molecule has 0 bridgehead atoms. The van der Waals surface area contributed by atoms with E-state index in [1.54, 1.807) is 4.90 Å². The van der Waals surface area contributed by atoms with Crippen molar-refractivity contribution in [2.75, 3.05) is 23.8 Å². The van der Waals surface area contributed by atoms with Crippen molar-refractivity contribution in [1.82, 2.24) is 4.98 Å². The summed E-state index contributed by atoms with van der Waals surface area (Å²) in [5, 5.41) is 1.53. The number of hydrogen-bond acceptors (Lipinski definition) is 6. The van der Waals surface area contributed by atoms with Crippen LogP contribution in [0.4, 0.5) is 5.13 Å². The van der Waals surface area contributed by atoms with E-state index in [4.69, 9.17) is 27.9 Å². The van der Waals surface area contributed by atoms with Crippen LogP contribution in [-0.2, 0) is 19.4 Å². The Bertz CT molecular complexity index is 1200. The zero-order valence-electron chi connectivity index (χ0n) is 17.4. The Hall–Kier alpha value is -1.71. The van der Waals surface area contributed by atoms with Crippen molar-refractivity contribution in [3.63, 3.8) is 0 Å². The molecule has 6 nitrogen and oxygen atoms in total. The fourth-order valence-electron chi connectivity index (χ4n) is 3.60. The standard InChI is InChI=1S/C22H22Cl2N2O4S2/c1-14-4-9-18(24)21-20(14)25-22(31-21)26(13-16-3-2-11-30-16)19(27)10-12-32(28,29)17-7-5-15(23)6-8-17/h4-9,16H,2-3,10-13H2,1H3. The van der Waals surface area contributed by atoms with Gasteiger partial charge in [0, 0.05) is 18.1 Å². The molecule has 0 radical (unpaired) electrons. The predicted molar refractivity (Wildman–Crippen MR) is 129 cm³/mol. The third kappa shape index (κ3) is 5.10. The van der Waals surface area contributed by atoms with Crippen molar-refractivity contribution in [1.29, 1.82) is 0 Å². The second kappa shape index (κ2) is 9.65. The van der Waals surface area contributed by atoms with Crippen LogP contribution in [0.15, 0.2) is 41.3 Å². The Morgan fingerprint density at radius 3 is 2.62 bits per heavy atom. The van der Waals surface area contributed by atoms with Crippen LogP contribution < -0.4 is 4.90 Å².